The third-order valence-corrected chi connectivity index (χ3v) is 4.86. The molecule has 0 aromatic carbocycles. The summed E-state index contributed by atoms with van der Waals surface area (Å²) in [5.41, 5.74) is 1.45. The Balaban J connectivity index is 1.34. The van der Waals surface area contributed by atoms with Crippen molar-refractivity contribution in [2.24, 2.45) is 5.92 Å². The lowest BCUT2D eigenvalue weighted by Gasteiger charge is -2.16. The van der Waals surface area contributed by atoms with Crippen LogP contribution in [0.5, 0.6) is 0 Å². The highest BCUT2D eigenvalue weighted by atomic mass is 16.5. The summed E-state index contributed by atoms with van der Waals surface area (Å²) in [6, 6.07) is 7.88. The minimum Gasteiger partial charge on any atom is -0.360 e. The predicted molar refractivity (Wildman–Crippen MR) is 88.4 cm³/mol. The van der Waals surface area contributed by atoms with E-state index in [4.69, 9.17) is 4.52 Å². The molecule has 1 N–H and O–H groups in total. The number of amides is 1. The number of hydrogen-bond acceptors (Lipinski definition) is 5. The van der Waals surface area contributed by atoms with Gasteiger partial charge in [0.1, 0.15) is 5.76 Å². The van der Waals surface area contributed by atoms with Crippen molar-refractivity contribution in [2.45, 2.75) is 38.3 Å². The van der Waals surface area contributed by atoms with Crippen molar-refractivity contribution in [2.75, 3.05) is 13.1 Å². The Morgan fingerprint density at radius 1 is 1.38 bits per heavy atom. The Hall–Kier alpha value is -2.21. The zero-order valence-electron chi connectivity index (χ0n) is 13.8. The molecule has 3 heterocycles. The van der Waals surface area contributed by atoms with Crippen molar-refractivity contribution in [1.29, 1.82) is 0 Å². The number of nitrogens with zero attached hydrogens (tertiary/aromatic N) is 3. The van der Waals surface area contributed by atoms with Crippen LogP contribution in [0.1, 0.15) is 47.6 Å². The highest BCUT2D eigenvalue weighted by molar-refractivity contribution is 5.92. The largest absolute Gasteiger partial charge is 0.360 e. The summed E-state index contributed by atoms with van der Waals surface area (Å²) in [6.45, 7) is 4.76. The first-order chi connectivity index (χ1) is 11.7. The van der Waals surface area contributed by atoms with Crippen molar-refractivity contribution in [1.82, 2.24) is 20.4 Å². The summed E-state index contributed by atoms with van der Waals surface area (Å²) in [5.74, 6) is 1.57. The number of nitrogens with one attached hydrogen (secondary N) is 1. The molecule has 4 rings (SSSR count). The molecule has 2 aliphatic rings. The van der Waals surface area contributed by atoms with E-state index in [9.17, 15) is 4.79 Å². The summed E-state index contributed by atoms with van der Waals surface area (Å²) in [6.07, 6.45) is 4.09. The molecule has 0 bridgehead atoms. The van der Waals surface area contributed by atoms with E-state index in [1.165, 1.54) is 0 Å². The Kier molecular flexibility index (Phi) is 4.06. The van der Waals surface area contributed by atoms with E-state index in [0.29, 0.717) is 17.5 Å². The van der Waals surface area contributed by atoms with E-state index in [2.05, 4.69) is 27.3 Å². The van der Waals surface area contributed by atoms with E-state index in [1.807, 2.05) is 24.4 Å². The highest BCUT2D eigenvalue weighted by Crippen LogP contribution is 2.40. The van der Waals surface area contributed by atoms with E-state index in [0.717, 1.165) is 43.9 Å². The molecule has 2 atom stereocenters. The maximum atomic E-state index is 12.4. The standard InChI is InChI=1S/C18H22N4O2/c1-12-9-22(10-14-4-2-3-7-19-14)11-16(12)20-18(23)15-8-17(24-21-15)13-5-6-13/h2-4,7-8,12-13,16H,5-6,9-11H2,1H3,(H,20,23). The fourth-order valence-corrected chi connectivity index (χ4v) is 3.30. The van der Waals surface area contributed by atoms with Crippen LogP contribution in [-0.2, 0) is 6.54 Å². The van der Waals surface area contributed by atoms with Crippen LogP contribution >= 0.6 is 0 Å². The second-order valence-electron chi connectivity index (χ2n) is 6.96. The lowest BCUT2D eigenvalue weighted by Crippen LogP contribution is -2.40. The number of likely N-dealkylation sites (tertiary alicyclic amines) is 1. The summed E-state index contributed by atoms with van der Waals surface area (Å²) < 4.78 is 5.27. The van der Waals surface area contributed by atoms with Crippen LogP contribution in [0.3, 0.4) is 0 Å². The molecule has 0 spiro atoms. The summed E-state index contributed by atoms with van der Waals surface area (Å²) in [7, 11) is 0. The molecule has 2 aromatic rings. The van der Waals surface area contributed by atoms with E-state index in [-0.39, 0.29) is 11.9 Å². The Morgan fingerprint density at radius 2 is 2.25 bits per heavy atom. The van der Waals surface area contributed by atoms with Gasteiger partial charge in [-0.15, -0.1) is 0 Å². The third kappa shape index (κ3) is 3.33. The maximum Gasteiger partial charge on any atom is 0.273 e. The van der Waals surface area contributed by atoms with Crippen LogP contribution in [0, 0.1) is 5.92 Å². The molecular weight excluding hydrogens is 304 g/mol. The lowest BCUT2D eigenvalue weighted by molar-refractivity contribution is 0.0922. The van der Waals surface area contributed by atoms with Gasteiger partial charge in [0.2, 0.25) is 0 Å². The predicted octanol–water partition coefficient (Wildman–Crippen LogP) is 2.20. The van der Waals surface area contributed by atoms with Crippen LogP contribution in [0.25, 0.3) is 0 Å². The summed E-state index contributed by atoms with van der Waals surface area (Å²) in [4.78, 5) is 19.1. The monoisotopic (exact) mass is 326 g/mol. The normalized spacial score (nSPS) is 24.2. The average molecular weight is 326 g/mol. The molecule has 1 saturated heterocycles. The van der Waals surface area contributed by atoms with Gasteiger partial charge in [-0.1, -0.05) is 18.1 Å². The fraction of sp³-hybridized carbons (Fsp3) is 0.500. The van der Waals surface area contributed by atoms with Crippen molar-refractivity contribution in [3.05, 3.63) is 47.6 Å². The van der Waals surface area contributed by atoms with Crippen LogP contribution in [0.2, 0.25) is 0 Å². The van der Waals surface area contributed by atoms with Gasteiger partial charge < -0.3 is 9.84 Å². The first-order valence-electron chi connectivity index (χ1n) is 8.59. The fourth-order valence-electron chi connectivity index (χ4n) is 3.30. The van der Waals surface area contributed by atoms with Gasteiger partial charge in [-0.25, -0.2) is 0 Å². The van der Waals surface area contributed by atoms with Gasteiger partial charge in [-0.2, -0.15) is 0 Å². The summed E-state index contributed by atoms with van der Waals surface area (Å²) in [5, 5.41) is 7.03. The van der Waals surface area contributed by atoms with Gasteiger partial charge in [-0.05, 0) is 30.9 Å². The SMILES string of the molecule is CC1CN(Cc2ccccn2)CC1NC(=O)c1cc(C2CC2)on1. The average Bonchev–Trinajstić information content (AvgIpc) is 3.21. The smallest absolute Gasteiger partial charge is 0.273 e. The van der Waals surface area contributed by atoms with E-state index < -0.39 is 0 Å². The maximum absolute atomic E-state index is 12.4. The van der Waals surface area contributed by atoms with Gasteiger partial charge in [0.15, 0.2) is 5.69 Å². The number of carbonyl (C=O) groups excluding carboxylic acids is 1. The molecule has 6 heteroatoms. The molecule has 1 amide bonds. The number of hydrogen-bond donors (Lipinski definition) is 1. The zero-order valence-corrected chi connectivity index (χ0v) is 13.8. The van der Waals surface area contributed by atoms with Gasteiger partial charge in [0.25, 0.3) is 5.91 Å². The van der Waals surface area contributed by atoms with Gasteiger partial charge in [0, 0.05) is 43.9 Å². The molecule has 2 fully saturated rings. The van der Waals surface area contributed by atoms with Crippen molar-refractivity contribution >= 4 is 5.91 Å². The molecule has 1 saturated carbocycles. The minimum atomic E-state index is -0.137. The molecule has 6 nitrogen and oxygen atoms in total. The van der Waals surface area contributed by atoms with Gasteiger partial charge in [-0.3, -0.25) is 14.7 Å². The second kappa shape index (κ2) is 6.36. The van der Waals surface area contributed by atoms with Crippen molar-refractivity contribution in [3.63, 3.8) is 0 Å². The molecule has 1 aliphatic heterocycles. The number of aromatic nitrogens is 2. The molecule has 126 valence electrons. The molecular formula is C18H22N4O2. The van der Waals surface area contributed by atoms with Gasteiger partial charge in [0.05, 0.1) is 5.69 Å². The first-order valence-corrected chi connectivity index (χ1v) is 8.59. The van der Waals surface area contributed by atoms with E-state index in [1.54, 1.807) is 6.07 Å². The topological polar surface area (TPSA) is 71.3 Å². The Morgan fingerprint density at radius 3 is 3.00 bits per heavy atom. The number of rotatable bonds is 5. The van der Waals surface area contributed by atoms with Crippen molar-refractivity contribution < 1.29 is 9.32 Å². The van der Waals surface area contributed by atoms with Gasteiger partial charge >= 0.3 is 0 Å². The number of carbonyl (C=O) groups is 1. The zero-order chi connectivity index (χ0) is 16.5. The second-order valence-corrected chi connectivity index (χ2v) is 6.96. The van der Waals surface area contributed by atoms with Crippen LogP contribution in [0.4, 0.5) is 0 Å². The molecule has 2 unspecified atom stereocenters. The molecule has 0 radical (unpaired) electrons. The molecule has 24 heavy (non-hydrogen) atoms. The summed E-state index contributed by atoms with van der Waals surface area (Å²) >= 11 is 0. The minimum absolute atomic E-state index is 0.127. The van der Waals surface area contributed by atoms with Crippen LogP contribution in [0.15, 0.2) is 35.0 Å². The first kappa shape index (κ1) is 15.3. The van der Waals surface area contributed by atoms with E-state index >= 15 is 0 Å². The highest BCUT2D eigenvalue weighted by Gasteiger charge is 2.33. The Labute approximate surface area is 141 Å². The molecule has 1 aliphatic carbocycles. The van der Waals surface area contributed by atoms with Crippen LogP contribution in [-0.4, -0.2) is 40.1 Å². The number of pyridine rings is 1. The Bertz CT molecular complexity index is 711. The quantitative estimate of drug-likeness (QED) is 0.912. The third-order valence-electron chi connectivity index (χ3n) is 4.86. The van der Waals surface area contributed by atoms with Crippen molar-refractivity contribution in [3.8, 4) is 0 Å². The lowest BCUT2D eigenvalue weighted by atomic mass is 10.1. The van der Waals surface area contributed by atoms with Crippen LogP contribution < -0.4 is 5.32 Å². The molecule has 2 aromatic heterocycles.